The Balaban J connectivity index is 1.95. The summed E-state index contributed by atoms with van der Waals surface area (Å²) in [6.45, 7) is 5.45. The maximum atomic E-state index is 16.7. The number of nitrogens with two attached hydrogens (primary N) is 1. The molecule has 9 heteroatoms. The van der Waals surface area contributed by atoms with Crippen molar-refractivity contribution >= 4 is 17.5 Å². The second kappa shape index (κ2) is 14.4. The first kappa shape index (κ1) is 32.8. The average Bonchev–Trinajstić information content (AvgIpc) is 2.89. The highest BCUT2D eigenvalue weighted by Crippen LogP contribution is 2.44. The number of rotatable bonds is 13. The van der Waals surface area contributed by atoms with Crippen LogP contribution < -0.4 is 16.4 Å². The van der Waals surface area contributed by atoms with Crippen LogP contribution in [-0.2, 0) is 4.79 Å². The van der Waals surface area contributed by atoms with Crippen molar-refractivity contribution in [1.82, 2.24) is 10.6 Å². The Labute approximate surface area is 242 Å². The van der Waals surface area contributed by atoms with Gasteiger partial charge in [-0.3, -0.25) is 4.79 Å². The van der Waals surface area contributed by atoms with Crippen molar-refractivity contribution in [2.24, 2.45) is 28.9 Å². The van der Waals surface area contributed by atoms with E-state index in [2.05, 4.69) is 29.0 Å². The van der Waals surface area contributed by atoms with E-state index in [1.807, 2.05) is 13.0 Å². The molecule has 7 atom stereocenters. The molecule has 0 spiro atoms. The van der Waals surface area contributed by atoms with Gasteiger partial charge in [-0.05, 0) is 56.1 Å². The Bertz CT molecular complexity index is 1060. The zero-order valence-corrected chi connectivity index (χ0v) is 24.7. The molecule has 3 rings (SSSR count). The molecule has 1 fully saturated rings. The van der Waals surface area contributed by atoms with Gasteiger partial charge in [0.05, 0.1) is 18.8 Å². The van der Waals surface area contributed by atoms with Gasteiger partial charge in [-0.15, -0.1) is 0 Å². The van der Waals surface area contributed by atoms with Crippen LogP contribution in [0.1, 0.15) is 72.1 Å². The molecule has 1 saturated carbocycles. The average molecular weight is 582 g/mol. The summed E-state index contributed by atoms with van der Waals surface area (Å²) in [7, 11) is 0. The molecule has 0 aliphatic heterocycles. The number of amides is 1. The number of hydrogen-bond donors (Lipinski definition) is 5. The van der Waals surface area contributed by atoms with Gasteiger partial charge in [-0.1, -0.05) is 62.2 Å². The minimum Gasteiger partial charge on any atom is -0.394 e. The summed E-state index contributed by atoms with van der Waals surface area (Å²) in [5, 5.41) is 25.4. The lowest BCUT2D eigenvalue weighted by atomic mass is 9.68. The van der Waals surface area contributed by atoms with Gasteiger partial charge in [0.1, 0.15) is 11.5 Å². The molecule has 3 aliphatic carbocycles. The molecule has 6 nitrogen and oxygen atoms in total. The normalized spacial score (nSPS) is 30.1. The van der Waals surface area contributed by atoms with Crippen molar-refractivity contribution in [1.29, 1.82) is 0 Å². The highest BCUT2D eigenvalue weighted by Gasteiger charge is 2.46. The number of carbonyl (C=O) groups is 1. The molecule has 6 N–H and O–H groups in total. The van der Waals surface area contributed by atoms with Crippen LogP contribution in [0.3, 0.4) is 0 Å². The Morgan fingerprint density at radius 3 is 2.62 bits per heavy atom. The Hall–Kier alpha value is -1.76. The summed E-state index contributed by atoms with van der Waals surface area (Å²) >= 11 is 6.18. The summed E-state index contributed by atoms with van der Waals surface area (Å²) in [5.74, 6) is -2.30. The van der Waals surface area contributed by atoms with Gasteiger partial charge >= 0.3 is 0 Å². The summed E-state index contributed by atoms with van der Waals surface area (Å²) < 4.78 is 32.3. The number of aliphatic hydroxyl groups excluding tert-OH is 2. The minimum atomic E-state index is -1.95. The van der Waals surface area contributed by atoms with Crippen LogP contribution >= 0.6 is 11.6 Å². The van der Waals surface area contributed by atoms with Crippen LogP contribution in [0.25, 0.3) is 0 Å². The number of carbonyl (C=O) groups excluding carboxylic acids is 1. The predicted molar refractivity (Wildman–Crippen MR) is 155 cm³/mol. The number of alkyl halides is 1. The maximum absolute atomic E-state index is 16.7. The molecule has 1 amide bonds. The van der Waals surface area contributed by atoms with Gasteiger partial charge in [-0.25, -0.2) is 8.78 Å². The van der Waals surface area contributed by atoms with Gasteiger partial charge in [0, 0.05) is 48.0 Å². The third kappa shape index (κ3) is 8.17. The van der Waals surface area contributed by atoms with E-state index >= 15 is 8.78 Å². The van der Waals surface area contributed by atoms with Gasteiger partial charge in [-0.2, -0.15) is 0 Å². The van der Waals surface area contributed by atoms with E-state index in [0.29, 0.717) is 17.0 Å². The molecular weight excluding hydrogens is 536 g/mol. The molecule has 3 aliphatic rings. The fourth-order valence-corrected chi connectivity index (χ4v) is 6.86. The number of nitrogens with one attached hydrogen (secondary N) is 2. The largest absolute Gasteiger partial charge is 0.394 e. The number of halogens is 3. The molecule has 0 saturated heterocycles. The Kier molecular flexibility index (Phi) is 11.8. The van der Waals surface area contributed by atoms with Crippen LogP contribution in [0.15, 0.2) is 46.1 Å². The van der Waals surface area contributed by atoms with Crippen molar-refractivity contribution in [2.75, 3.05) is 19.7 Å². The Morgan fingerprint density at radius 1 is 1.30 bits per heavy atom. The SMILES string of the molecule is CC1=C=C=CC(CN)C1(F)C[C@@H](N[C@@H](CC1(C)CCCCC1)C1C(F)=CC(Cl)=CC1C)C(=O)NCC[C@H](O)CO. The number of hydrogen-bond acceptors (Lipinski definition) is 5. The van der Waals surface area contributed by atoms with E-state index in [1.54, 1.807) is 13.0 Å². The summed E-state index contributed by atoms with van der Waals surface area (Å²) in [4.78, 5) is 13.6. The summed E-state index contributed by atoms with van der Waals surface area (Å²) in [6.07, 6.45) is 9.65. The van der Waals surface area contributed by atoms with E-state index in [4.69, 9.17) is 22.4 Å². The minimum absolute atomic E-state index is 0.0291. The second-order valence-corrected chi connectivity index (χ2v) is 12.7. The van der Waals surface area contributed by atoms with Crippen LogP contribution in [0.5, 0.6) is 0 Å². The zero-order chi connectivity index (χ0) is 29.5. The fourth-order valence-electron chi connectivity index (χ4n) is 6.55. The molecule has 4 unspecified atom stereocenters. The van der Waals surface area contributed by atoms with Crippen molar-refractivity contribution in [3.05, 3.63) is 46.1 Å². The van der Waals surface area contributed by atoms with E-state index < -0.39 is 48.2 Å². The molecule has 0 bridgehead atoms. The van der Waals surface area contributed by atoms with Gasteiger partial charge in [0.25, 0.3) is 0 Å². The third-order valence-corrected chi connectivity index (χ3v) is 9.25. The molecule has 0 aromatic rings. The van der Waals surface area contributed by atoms with Crippen molar-refractivity contribution in [2.45, 2.75) is 96.0 Å². The van der Waals surface area contributed by atoms with E-state index in [0.717, 1.165) is 25.7 Å². The molecule has 0 heterocycles. The molecule has 0 aromatic heterocycles. The van der Waals surface area contributed by atoms with Crippen molar-refractivity contribution in [3.63, 3.8) is 0 Å². The first-order valence-electron chi connectivity index (χ1n) is 14.6. The summed E-state index contributed by atoms with van der Waals surface area (Å²) in [5.41, 5.74) is 9.90. The lowest BCUT2D eigenvalue weighted by Crippen LogP contribution is -2.56. The van der Waals surface area contributed by atoms with Gasteiger partial charge < -0.3 is 26.6 Å². The van der Waals surface area contributed by atoms with Crippen LogP contribution in [-0.4, -0.2) is 59.7 Å². The molecule has 40 heavy (non-hydrogen) atoms. The molecular formula is C31H46ClF2N3O3. The molecule has 0 aromatic carbocycles. The topological polar surface area (TPSA) is 108 Å². The Morgan fingerprint density at radius 2 is 2.00 bits per heavy atom. The van der Waals surface area contributed by atoms with Gasteiger partial charge in [0.2, 0.25) is 5.91 Å². The molecule has 224 valence electrons. The molecule has 0 radical (unpaired) electrons. The zero-order valence-electron chi connectivity index (χ0n) is 24.0. The van der Waals surface area contributed by atoms with Crippen LogP contribution in [0, 0.1) is 23.2 Å². The van der Waals surface area contributed by atoms with Gasteiger partial charge in [0.15, 0.2) is 0 Å². The smallest absolute Gasteiger partial charge is 0.237 e. The highest BCUT2D eigenvalue weighted by atomic mass is 35.5. The standard InChI is InChI=1S/C31H46ClF2N3O3/c1-20-14-23(32)15-25(33)28(20)26(16-30(3)11-5-4-6-12-30)37-27(29(40)36-13-10-24(39)19-38)17-31(34)21(2)8-7-9-22(31)18-35/h9,14-15,20,22,24,26-28,37-39H,4-6,10-13,16-19,35H2,1-3H3,(H,36,40)/t20?,22?,24-,26-,27+,28?,31?/m0/s1. The quantitative estimate of drug-likeness (QED) is 0.202. The van der Waals surface area contributed by atoms with Crippen LogP contribution in [0.4, 0.5) is 8.78 Å². The van der Waals surface area contributed by atoms with Crippen LogP contribution in [0.2, 0.25) is 0 Å². The first-order valence-corrected chi connectivity index (χ1v) is 14.9. The predicted octanol–water partition coefficient (Wildman–Crippen LogP) is 4.72. The summed E-state index contributed by atoms with van der Waals surface area (Å²) in [6, 6.07) is -1.49. The fraction of sp³-hybridized carbons (Fsp3) is 0.710. The van der Waals surface area contributed by atoms with Crippen molar-refractivity contribution < 1.29 is 23.8 Å². The lowest BCUT2D eigenvalue weighted by molar-refractivity contribution is -0.124. The lowest BCUT2D eigenvalue weighted by Gasteiger charge is -2.43. The van der Waals surface area contributed by atoms with E-state index in [9.17, 15) is 9.90 Å². The second-order valence-electron chi connectivity index (χ2n) is 12.3. The third-order valence-electron chi connectivity index (χ3n) is 9.02. The van der Waals surface area contributed by atoms with E-state index in [-0.39, 0.29) is 43.1 Å². The monoisotopic (exact) mass is 581 g/mol. The number of allylic oxidation sites excluding steroid dienone is 4. The van der Waals surface area contributed by atoms with Crippen molar-refractivity contribution in [3.8, 4) is 0 Å². The number of aliphatic hydroxyl groups is 2. The first-order chi connectivity index (χ1) is 18.9. The highest BCUT2D eigenvalue weighted by molar-refractivity contribution is 6.31. The maximum Gasteiger partial charge on any atom is 0.237 e. The van der Waals surface area contributed by atoms with E-state index in [1.165, 1.54) is 12.5 Å².